The van der Waals surface area contributed by atoms with E-state index in [-0.39, 0.29) is 17.7 Å². The van der Waals surface area contributed by atoms with E-state index in [4.69, 9.17) is 0 Å². The molecule has 2 aromatic carbocycles. The van der Waals surface area contributed by atoms with Gasteiger partial charge >= 0.3 is 0 Å². The van der Waals surface area contributed by atoms with Crippen LogP contribution in [0.3, 0.4) is 0 Å². The Hall–Kier alpha value is -2.94. The van der Waals surface area contributed by atoms with E-state index in [9.17, 15) is 4.79 Å². The van der Waals surface area contributed by atoms with E-state index in [0.29, 0.717) is 6.54 Å². The van der Waals surface area contributed by atoms with Crippen molar-refractivity contribution in [1.82, 2.24) is 10.3 Å². The minimum Gasteiger partial charge on any atom is -0.355 e. The first-order valence-corrected chi connectivity index (χ1v) is 10.1. The molecule has 0 bridgehead atoms. The lowest BCUT2D eigenvalue weighted by Crippen LogP contribution is -2.33. The summed E-state index contributed by atoms with van der Waals surface area (Å²) >= 11 is 0. The van der Waals surface area contributed by atoms with E-state index in [1.807, 2.05) is 18.2 Å². The van der Waals surface area contributed by atoms with Crippen molar-refractivity contribution in [2.24, 2.45) is 0 Å². The number of hydrogen-bond donors (Lipinski definition) is 1. The second-order valence-electron chi connectivity index (χ2n) is 7.45. The van der Waals surface area contributed by atoms with Crippen LogP contribution < -0.4 is 5.32 Å². The number of fused-ring (bicyclic) bond motifs is 1. The van der Waals surface area contributed by atoms with E-state index < -0.39 is 0 Å². The highest BCUT2D eigenvalue weighted by Gasteiger charge is 2.27. The van der Waals surface area contributed by atoms with E-state index in [1.165, 1.54) is 16.7 Å². The maximum absolute atomic E-state index is 12.9. The predicted molar refractivity (Wildman–Crippen MR) is 112 cm³/mol. The second-order valence-corrected chi connectivity index (χ2v) is 7.45. The van der Waals surface area contributed by atoms with Gasteiger partial charge in [0, 0.05) is 18.7 Å². The minimum absolute atomic E-state index is 0.111. The Kier molecular flexibility index (Phi) is 5.81. The summed E-state index contributed by atoms with van der Waals surface area (Å²) < 4.78 is 0. The minimum atomic E-state index is -0.114. The average molecular weight is 370 g/mol. The number of nitrogens with one attached hydrogen (secondary N) is 1. The van der Waals surface area contributed by atoms with Crippen molar-refractivity contribution < 1.29 is 4.79 Å². The van der Waals surface area contributed by atoms with Gasteiger partial charge in [-0.25, -0.2) is 0 Å². The van der Waals surface area contributed by atoms with Crippen LogP contribution in [0.25, 0.3) is 0 Å². The maximum Gasteiger partial charge on any atom is 0.229 e. The molecule has 3 nitrogen and oxygen atoms in total. The Balaban J connectivity index is 1.43. The first-order valence-electron chi connectivity index (χ1n) is 10.1. The molecule has 1 aliphatic rings. The van der Waals surface area contributed by atoms with Crippen LogP contribution in [-0.4, -0.2) is 17.4 Å². The number of aryl methyl sites for hydroxylation is 1. The zero-order chi connectivity index (χ0) is 19.2. The number of hydrogen-bond acceptors (Lipinski definition) is 2. The van der Waals surface area contributed by atoms with Gasteiger partial charge in [-0.3, -0.25) is 9.78 Å². The number of benzene rings is 2. The molecule has 142 valence electrons. The number of nitrogens with zero attached hydrogens (tertiary/aromatic N) is 1. The highest BCUT2D eigenvalue weighted by Crippen LogP contribution is 2.30. The average Bonchev–Trinajstić information content (AvgIpc) is 2.77. The van der Waals surface area contributed by atoms with Gasteiger partial charge in [-0.05, 0) is 48.4 Å². The van der Waals surface area contributed by atoms with Crippen LogP contribution in [0, 0.1) is 0 Å². The molecule has 1 aliphatic carbocycles. The van der Waals surface area contributed by atoms with Crippen LogP contribution in [0.15, 0.2) is 79.0 Å². The quantitative estimate of drug-likeness (QED) is 0.675. The molecule has 0 radical (unpaired) electrons. The molecule has 0 unspecified atom stereocenters. The largest absolute Gasteiger partial charge is 0.355 e. The summed E-state index contributed by atoms with van der Waals surface area (Å²) in [5, 5.41) is 3.18. The first-order chi connectivity index (χ1) is 13.8. The van der Waals surface area contributed by atoms with Gasteiger partial charge in [0.2, 0.25) is 5.91 Å². The van der Waals surface area contributed by atoms with E-state index in [1.54, 1.807) is 6.20 Å². The molecule has 1 heterocycles. The normalized spacial score (nSPS) is 15.8. The fourth-order valence-electron chi connectivity index (χ4n) is 4.22. The van der Waals surface area contributed by atoms with Crippen LogP contribution in [0.2, 0.25) is 0 Å². The first kappa shape index (κ1) is 18.4. The van der Waals surface area contributed by atoms with Crippen LogP contribution in [0.4, 0.5) is 0 Å². The van der Waals surface area contributed by atoms with Crippen molar-refractivity contribution in [3.63, 3.8) is 0 Å². The van der Waals surface area contributed by atoms with E-state index in [2.05, 4.69) is 64.9 Å². The highest BCUT2D eigenvalue weighted by molar-refractivity contribution is 5.83. The van der Waals surface area contributed by atoms with E-state index >= 15 is 0 Å². The number of amides is 1. The summed E-state index contributed by atoms with van der Waals surface area (Å²) in [6.45, 7) is 0.659. The molecule has 1 atom stereocenters. The standard InChI is InChI=1S/C25H26N2O/c28-25(23-15-7-13-21-14-8-17-26-24(21)23)27-18-16-22(19-9-3-1-4-10-19)20-11-5-2-6-12-20/h1-6,8-12,14,17,22-23H,7,13,15-16,18H2,(H,27,28)/t23-/m0/s1. The lowest BCUT2D eigenvalue weighted by atomic mass is 9.85. The SMILES string of the molecule is O=C(NCCC(c1ccccc1)c1ccccc1)[C@H]1CCCc2cccnc21. The molecule has 1 N–H and O–H groups in total. The zero-order valence-electron chi connectivity index (χ0n) is 16.1. The molecular weight excluding hydrogens is 344 g/mol. The number of carbonyl (C=O) groups excluding carboxylic acids is 1. The predicted octanol–water partition coefficient (Wildman–Crippen LogP) is 4.84. The molecule has 3 heteroatoms. The number of carbonyl (C=O) groups is 1. The van der Waals surface area contributed by atoms with Crippen molar-refractivity contribution in [3.05, 3.63) is 101 Å². The van der Waals surface area contributed by atoms with E-state index in [0.717, 1.165) is 31.4 Å². The van der Waals surface area contributed by atoms with Crippen molar-refractivity contribution >= 4 is 5.91 Å². The summed E-state index contributed by atoms with van der Waals surface area (Å²) in [5.41, 5.74) is 4.76. The number of aromatic nitrogens is 1. The third-order valence-electron chi connectivity index (χ3n) is 5.65. The highest BCUT2D eigenvalue weighted by atomic mass is 16.1. The summed E-state index contributed by atoms with van der Waals surface area (Å²) in [6, 6.07) is 25.1. The van der Waals surface area contributed by atoms with Crippen LogP contribution in [-0.2, 0) is 11.2 Å². The molecule has 28 heavy (non-hydrogen) atoms. The van der Waals surface area contributed by atoms with Crippen molar-refractivity contribution in [2.75, 3.05) is 6.54 Å². The molecule has 0 spiro atoms. The smallest absolute Gasteiger partial charge is 0.229 e. The molecule has 0 fully saturated rings. The Bertz CT molecular complexity index is 869. The summed E-state index contributed by atoms with van der Waals surface area (Å²) in [7, 11) is 0. The lowest BCUT2D eigenvalue weighted by Gasteiger charge is -2.24. The van der Waals surface area contributed by atoms with Gasteiger partial charge in [0.25, 0.3) is 0 Å². The Morgan fingerprint density at radius 1 is 0.964 bits per heavy atom. The Morgan fingerprint density at radius 3 is 2.32 bits per heavy atom. The van der Waals surface area contributed by atoms with Crippen LogP contribution in [0.1, 0.15) is 53.5 Å². The third-order valence-corrected chi connectivity index (χ3v) is 5.65. The van der Waals surface area contributed by atoms with Gasteiger partial charge in [-0.1, -0.05) is 66.7 Å². The van der Waals surface area contributed by atoms with Gasteiger partial charge in [-0.15, -0.1) is 0 Å². The van der Waals surface area contributed by atoms with Gasteiger partial charge in [0.1, 0.15) is 0 Å². The molecule has 1 amide bonds. The van der Waals surface area contributed by atoms with Crippen molar-refractivity contribution in [1.29, 1.82) is 0 Å². The van der Waals surface area contributed by atoms with Crippen LogP contribution >= 0.6 is 0 Å². The topological polar surface area (TPSA) is 42.0 Å². The molecule has 4 rings (SSSR count). The second kappa shape index (κ2) is 8.83. The number of rotatable bonds is 6. The monoisotopic (exact) mass is 370 g/mol. The van der Waals surface area contributed by atoms with Crippen LogP contribution in [0.5, 0.6) is 0 Å². The van der Waals surface area contributed by atoms with Gasteiger partial charge in [0.15, 0.2) is 0 Å². The summed E-state index contributed by atoms with van der Waals surface area (Å²) in [5.74, 6) is 0.274. The summed E-state index contributed by atoms with van der Waals surface area (Å²) in [4.78, 5) is 17.4. The molecule has 1 aromatic heterocycles. The third kappa shape index (κ3) is 4.14. The molecule has 0 aliphatic heterocycles. The lowest BCUT2D eigenvalue weighted by molar-refractivity contribution is -0.123. The zero-order valence-corrected chi connectivity index (χ0v) is 16.1. The van der Waals surface area contributed by atoms with Gasteiger partial charge in [-0.2, -0.15) is 0 Å². The molecule has 0 saturated carbocycles. The summed E-state index contributed by atoms with van der Waals surface area (Å²) in [6.07, 6.45) is 5.63. The van der Waals surface area contributed by atoms with Gasteiger partial charge < -0.3 is 5.32 Å². The molecular formula is C25H26N2O. The maximum atomic E-state index is 12.9. The Morgan fingerprint density at radius 2 is 1.64 bits per heavy atom. The Labute approximate surface area is 166 Å². The van der Waals surface area contributed by atoms with Crippen molar-refractivity contribution in [3.8, 4) is 0 Å². The molecule has 0 saturated heterocycles. The molecule has 3 aromatic rings. The fraction of sp³-hybridized carbons (Fsp3) is 0.280. The van der Waals surface area contributed by atoms with Crippen molar-refractivity contribution in [2.45, 2.75) is 37.5 Å². The fourth-order valence-corrected chi connectivity index (χ4v) is 4.22. The van der Waals surface area contributed by atoms with Gasteiger partial charge in [0.05, 0.1) is 11.6 Å². The number of pyridine rings is 1.